The van der Waals surface area contributed by atoms with Gasteiger partial charge in [0.25, 0.3) is 0 Å². The van der Waals surface area contributed by atoms with Crippen LogP contribution in [0.2, 0.25) is 0 Å². The lowest BCUT2D eigenvalue weighted by Gasteiger charge is -2.00. The van der Waals surface area contributed by atoms with Gasteiger partial charge in [-0.15, -0.1) is 0 Å². The molecule has 1 N–H and O–H groups in total. The average molecular weight is 196 g/mol. The molecule has 76 valence electrons. The Balaban J connectivity index is 2.25. The maximum Gasteiger partial charge on any atom is 0.123 e. The zero-order chi connectivity index (χ0) is 10.2. The highest BCUT2D eigenvalue weighted by Gasteiger charge is 1.92. The number of aliphatic hydroxyl groups is 1. The molecule has 14 heavy (non-hydrogen) atoms. The molecule has 0 heterocycles. The number of hydrogen-bond donors (Lipinski definition) is 1. The van der Waals surface area contributed by atoms with E-state index in [4.69, 9.17) is 9.84 Å². The van der Waals surface area contributed by atoms with Crippen molar-refractivity contribution >= 4 is 0 Å². The predicted octanol–water partition coefficient (Wildman–Crippen LogP) is 1.89. The molecule has 0 spiro atoms. The van der Waals surface area contributed by atoms with Crippen LogP contribution in [0.3, 0.4) is 0 Å². The van der Waals surface area contributed by atoms with Crippen LogP contribution >= 0.6 is 0 Å². The molecule has 0 saturated heterocycles. The van der Waals surface area contributed by atoms with Crippen molar-refractivity contribution in [2.75, 3.05) is 13.2 Å². The van der Waals surface area contributed by atoms with Gasteiger partial charge in [-0.05, 0) is 17.7 Å². The maximum atomic E-state index is 12.5. The second-order valence-corrected chi connectivity index (χ2v) is 2.80. The fraction of sp³-hybridized carbons (Fsp3) is 0.273. The third kappa shape index (κ3) is 4.16. The number of hydrogen-bond acceptors (Lipinski definition) is 2. The van der Waals surface area contributed by atoms with Gasteiger partial charge in [0.1, 0.15) is 5.82 Å². The van der Waals surface area contributed by atoms with E-state index in [9.17, 15) is 4.39 Å². The molecule has 2 nitrogen and oxygen atoms in total. The monoisotopic (exact) mass is 196 g/mol. The van der Waals surface area contributed by atoms with Crippen LogP contribution in [-0.2, 0) is 11.3 Å². The lowest BCUT2D eigenvalue weighted by molar-refractivity contribution is 0.148. The van der Waals surface area contributed by atoms with Crippen LogP contribution in [0.25, 0.3) is 0 Å². The molecule has 1 aromatic rings. The van der Waals surface area contributed by atoms with Gasteiger partial charge >= 0.3 is 0 Å². The third-order valence-electron chi connectivity index (χ3n) is 1.67. The molecule has 0 aliphatic rings. The molecule has 1 aromatic carbocycles. The zero-order valence-electron chi connectivity index (χ0n) is 7.82. The summed E-state index contributed by atoms with van der Waals surface area (Å²) in [5, 5.41) is 8.43. The Morgan fingerprint density at radius 3 is 2.57 bits per heavy atom. The van der Waals surface area contributed by atoms with Crippen molar-refractivity contribution in [1.29, 1.82) is 0 Å². The molecule has 1 rings (SSSR count). The number of ether oxygens (including phenoxy) is 1. The summed E-state index contributed by atoms with van der Waals surface area (Å²) in [5.41, 5.74) is 0.934. The van der Waals surface area contributed by atoms with Crippen molar-refractivity contribution in [3.05, 3.63) is 47.8 Å². The van der Waals surface area contributed by atoms with Crippen molar-refractivity contribution in [3.8, 4) is 0 Å². The average Bonchev–Trinajstić information content (AvgIpc) is 2.21. The second-order valence-electron chi connectivity index (χ2n) is 2.80. The molecular formula is C11H13FO2. The van der Waals surface area contributed by atoms with Gasteiger partial charge < -0.3 is 9.84 Å². The van der Waals surface area contributed by atoms with E-state index in [1.54, 1.807) is 24.3 Å². The van der Waals surface area contributed by atoms with Crippen LogP contribution in [0.5, 0.6) is 0 Å². The van der Waals surface area contributed by atoms with Gasteiger partial charge in [-0.1, -0.05) is 24.3 Å². The Hall–Kier alpha value is -1.19. The van der Waals surface area contributed by atoms with Crippen LogP contribution in [-0.4, -0.2) is 18.3 Å². The molecule has 0 aromatic heterocycles. The van der Waals surface area contributed by atoms with Gasteiger partial charge in [0.2, 0.25) is 0 Å². The Morgan fingerprint density at radius 2 is 1.93 bits per heavy atom. The summed E-state index contributed by atoms with van der Waals surface area (Å²) in [6, 6.07) is 6.18. The first-order valence-corrected chi connectivity index (χ1v) is 4.41. The Morgan fingerprint density at radius 1 is 1.21 bits per heavy atom. The smallest absolute Gasteiger partial charge is 0.123 e. The van der Waals surface area contributed by atoms with Gasteiger partial charge in [0.15, 0.2) is 0 Å². The number of rotatable bonds is 5. The lowest BCUT2D eigenvalue weighted by Crippen LogP contribution is -1.93. The second kappa shape index (κ2) is 6.29. The van der Waals surface area contributed by atoms with E-state index >= 15 is 0 Å². The maximum absolute atomic E-state index is 12.5. The van der Waals surface area contributed by atoms with Crippen molar-refractivity contribution in [2.24, 2.45) is 0 Å². The molecule has 0 aliphatic heterocycles. The SMILES string of the molecule is OC/C=C\COCc1ccc(F)cc1. The van der Waals surface area contributed by atoms with Crippen LogP contribution in [0, 0.1) is 5.82 Å². The molecule has 0 aliphatic carbocycles. The van der Waals surface area contributed by atoms with Gasteiger partial charge in [-0.2, -0.15) is 0 Å². The van der Waals surface area contributed by atoms with E-state index in [1.165, 1.54) is 12.1 Å². The van der Waals surface area contributed by atoms with E-state index in [2.05, 4.69) is 0 Å². The quantitative estimate of drug-likeness (QED) is 0.575. The van der Waals surface area contributed by atoms with Gasteiger partial charge in [-0.3, -0.25) is 0 Å². The summed E-state index contributed by atoms with van der Waals surface area (Å²) in [4.78, 5) is 0. The Labute approximate surface area is 82.6 Å². The molecule has 3 heteroatoms. The summed E-state index contributed by atoms with van der Waals surface area (Å²) in [5.74, 6) is -0.242. The Bertz CT molecular complexity index is 280. The largest absolute Gasteiger partial charge is 0.392 e. The highest BCUT2D eigenvalue weighted by molar-refractivity contribution is 5.14. The first-order chi connectivity index (χ1) is 6.83. The van der Waals surface area contributed by atoms with Crippen LogP contribution < -0.4 is 0 Å². The predicted molar refractivity (Wildman–Crippen MR) is 52.3 cm³/mol. The van der Waals surface area contributed by atoms with Crippen LogP contribution in [0.1, 0.15) is 5.56 Å². The van der Waals surface area contributed by atoms with E-state index in [0.29, 0.717) is 13.2 Å². The summed E-state index contributed by atoms with van der Waals surface area (Å²) in [7, 11) is 0. The number of halogens is 1. The van der Waals surface area contributed by atoms with Crippen molar-refractivity contribution < 1.29 is 14.2 Å². The van der Waals surface area contributed by atoms with Crippen molar-refractivity contribution in [3.63, 3.8) is 0 Å². The molecule has 0 atom stereocenters. The molecule has 0 fully saturated rings. The molecule has 0 unspecified atom stereocenters. The van der Waals surface area contributed by atoms with Gasteiger partial charge in [-0.25, -0.2) is 4.39 Å². The van der Waals surface area contributed by atoms with E-state index < -0.39 is 0 Å². The Kier molecular flexibility index (Phi) is 4.89. The standard InChI is InChI=1S/C11H13FO2/c12-11-5-3-10(4-6-11)9-14-8-2-1-7-13/h1-6,13H,7-9H2/b2-1-. The summed E-state index contributed by atoms with van der Waals surface area (Å²) < 4.78 is 17.7. The van der Waals surface area contributed by atoms with Gasteiger partial charge in [0.05, 0.1) is 19.8 Å². The fourth-order valence-electron chi connectivity index (χ4n) is 0.968. The molecular weight excluding hydrogens is 183 g/mol. The number of aliphatic hydroxyl groups excluding tert-OH is 1. The van der Waals surface area contributed by atoms with Crippen molar-refractivity contribution in [1.82, 2.24) is 0 Å². The van der Waals surface area contributed by atoms with Crippen LogP contribution in [0.15, 0.2) is 36.4 Å². The zero-order valence-corrected chi connectivity index (χ0v) is 7.82. The minimum atomic E-state index is -0.242. The highest BCUT2D eigenvalue weighted by atomic mass is 19.1. The molecule has 0 radical (unpaired) electrons. The molecule has 0 bridgehead atoms. The summed E-state index contributed by atoms with van der Waals surface area (Å²) in [6.45, 7) is 0.938. The molecule has 0 saturated carbocycles. The fourth-order valence-corrected chi connectivity index (χ4v) is 0.968. The van der Waals surface area contributed by atoms with Gasteiger partial charge in [0, 0.05) is 0 Å². The normalized spacial score (nSPS) is 11.0. The summed E-state index contributed by atoms with van der Waals surface area (Å²) in [6.07, 6.45) is 3.36. The first kappa shape index (κ1) is 10.9. The first-order valence-electron chi connectivity index (χ1n) is 4.41. The minimum Gasteiger partial charge on any atom is -0.392 e. The van der Waals surface area contributed by atoms with E-state index in [0.717, 1.165) is 5.56 Å². The van der Waals surface area contributed by atoms with Crippen molar-refractivity contribution in [2.45, 2.75) is 6.61 Å². The minimum absolute atomic E-state index is 0.0277. The lowest BCUT2D eigenvalue weighted by atomic mass is 10.2. The summed E-state index contributed by atoms with van der Waals surface area (Å²) >= 11 is 0. The van der Waals surface area contributed by atoms with Crippen LogP contribution in [0.4, 0.5) is 4.39 Å². The number of benzene rings is 1. The third-order valence-corrected chi connectivity index (χ3v) is 1.67. The topological polar surface area (TPSA) is 29.5 Å². The molecule has 0 amide bonds. The van der Waals surface area contributed by atoms with E-state index in [1.807, 2.05) is 0 Å². The highest BCUT2D eigenvalue weighted by Crippen LogP contribution is 2.03. The van der Waals surface area contributed by atoms with E-state index in [-0.39, 0.29) is 12.4 Å².